The molecule has 3 aromatic rings. The van der Waals surface area contributed by atoms with E-state index in [0.29, 0.717) is 17.5 Å². The van der Waals surface area contributed by atoms with Crippen LogP contribution >= 0.6 is 0 Å². The van der Waals surface area contributed by atoms with Gasteiger partial charge in [0.05, 0.1) is 11.8 Å². The molecule has 0 aromatic carbocycles. The molecular formula is C24H30N5O+. The Bertz CT molecular complexity index is 1020. The van der Waals surface area contributed by atoms with Crippen LogP contribution in [0, 0.1) is 11.8 Å². The van der Waals surface area contributed by atoms with Crippen molar-refractivity contribution in [2.45, 2.75) is 40.2 Å². The molecule has 0 amide bonds. The van der Waals surface area contributed by atoms with Crippen molar-refractivity contribution in [2.24, 2.45) is 11.8 Å². The SMILES string of the molecule is CC(C)C(=O)c1ccc(N2CC(Cc3cc(-c4c[nH][n+](C(C)C)c4)ccn3)C2)nc1. The van der Waals surface area contributed by atoms with E-state index < -0.39 is 0 Å². The molecule has 156 valence electrons. The van der Waals surface area contributed by atoms with Crippen LogP contribution in [0.4, 0.5) is 5.82 Å². The molecule has 0 unspecified atom stereocenters. The van der Waals surface area contributed by atoms with E-state index in [4.69, 9.17) is 0 Å². The number of rotatable bonds is 7. The lowest BCUT2D eigenvalue weighted by molar-refractivity contribution is -0.767. The number of nitrogens with one attached hydrogen (secondary N) is 1. The number of hydrogen-bond donors (Lipinski definition) is 1. The Labute approximate surface area is 178 Å². The van der Waals surface area contributed by atoms with E-state index in [0.717, 1.165) is 31.0 Å². The number of carbonyl (C=O) groups excluding carboxylic acids is 1. The average molecular weight is 405 g/mol. The standard InChI is InChI=1S/C24H29N5O/c1-16(2)24(30)20-5-6-23(26-11-20)28-13-18(14-28)9-22-10-19(7-8-25-22)21-12-27-29(15-21)17(3)4/h5-8,10-12,15-18H,9,13-14H2,1-4H3/p+1. The maximum absolute atomic E-state index is 12.1. The van der Waals surface area contributed by atoms with Gasteiger partial charge >= 0.3 is 0 Å². The minimum atomic E-state index is -0.00359. The summed E-state index contributed by atoms with van der Waals surface area (Å²) in [6.45, 7) is 10.1. The van der Waals surface area contributed by atoms with E-state index in [1.807, 2.05) is 38.4 Å². The Morgan fingerprint density at radius 2 is 1.97 bits per heavy atom. The molecule has 1 aliphatic heterocycles. The predicted molar refractivity (Wildman–Crippen MR) is 117 cm³/mol. The van der Waals surface area contributed by atoms with Gasteiger partial charge in [-0.15, -0.1) is 4.68 Å². The molecule has 4 rings (SSSR count). The van der Waals surface area contributed by atoms with Crippen LogP contribution < -0.4 is 9.58 Å². The van der Waals surface area contributed by atoms with Gasteiger partial charge in [0.15, 0.2) is 11.8 Å². The molecule has 1 fully saturated rings. The van der Waals surface area contributed by atoms with Crippen LogP contribution in [0.25, 0.3) is 11.1 Å². The number of aromatic amines is 1. The minimum Gasteiger partial charge on any atom is -0.356 e. The summed E-state index contributed by atoms with van der Waals surface area (Å²) >= 11 is 0. The highest BCUT2D eigenvalue weighted by molar-refractivity contribution is 5.97. The van der Waals surface area contributed by atoms with Crippen molar-refractivity contribution in [3.8, 4) is 11.1 Å². The second kappa shape index (κ2) is 8.38. The number of H-pyrrole nitrogens is 1. The van der Waals surface area contributed by atoms with Crippen LogP contribution in [-0.2, 0) is 6.42 Å². The molecule has 6 heteroatoms. The van der Waals surface area contributed by atoms with Crippen molar-refractivity contribution >= 4 is 11.6 Å². The zero-order valence-electron chi connectivity index (χ0n) is 18.2. The van der Waals surface area contributed by atoms with Gasteiger partial charge < -0.3 is 4.90 Å². The molecular weight excluding hydrogens is 374 g/mol. The van der Waals surface area contributed by atoms with Crippen molar-refractivity contribution in [1.29, 1.82) is 0 Å². The highest BCUT2D eigenvalue weighted by atomic mass is 16.1. The summed E-state index contributed by atoms with van der Waals surface area (Å²) in [5, 5.41) is 3.29. The zero-order valence-corrected chi connectivity index (χ0v) is 18.2. The molecule has 0 aliphatic carbocycles. The Morgan fingerprint density at radius 3 is 2.60 bits per heavy atom. The van der Waals surface area contributed by atoms with E-state index >= 15 is 0 Å². The smallest absolute Gasteiger partial charge is 0.203 e. The molecule has 4 heterocycles. The fraction of sp³-hybridized carbons (Fsp3) is 0.417. The van der Waals surface area contributed by atoms with Crippen molar-refractivity contribution in [1.82, 2.24) is 15.1 Å². The van der Waals surface area contributed by atoms with Crippen LogP contribution in [0.5, 0.6) is 0 Å². The van der Waals surface area contributed by atoms with Crippen molar-refractivity contribution in [2.75, 3.05) is 18.0 Å². The number of ketones is 1. The third-order valence-corrected chi connectivity index (χ3v) is 5.69. The summed E-state index contributed by atoms with van der Waals surface area (Å²) in [6.07, 6.45) is 8.76. The van der Waals surface area contributed by atoms with Gasteiger partial charge in [0, 0.05) is 42.7 Å². The fourth-order valence-electron chi connectivity index (χ4n) is 3.83. The second-order valence-corrected chi connectivity index (χ2v) is 8.79. The Balaban J connectivity index is 1.35. The lowest BCUT2D eigenvalue weighted by Crippen LogP contribution is -2.48. The lowest BCUT2D eigenvalue weighted by Gasteiger charge is -2.40. The van der Waals surface area contributed by atoms with Crippen LogP contribution in [0.1, 0.15) is 49.8 Å². The summed E-state index contributed by atoms with van der Waals surface area (Å²) in [5.74, 6) is 1.65. The van der Waals surface area contributed by atoms with Gasteiger partial charge in [-0.2, -0.15) is 5.10 Å². The van der Waals surface area contributed by atoms with Gasteiger partial charge in [-0.05, 0) is 56.0 Å². The first-order valence-corrected chi connectivity index (χ1v) is 10.7. The number of hydrogen-bond acceptors (Lipinski definition) is 4. The summed E-state index contributed by atoms with van der Waals surface area (Å²) < 4.78 is 2.10. The van der Waals surface area contributed by atoms with Gasteiger partial charge in [-0.25, -0.2) is 4.98 Å². The molecule has 1 aliphatic rings. The Kier molecular flexibility index (Phi) is 5.66. The molecule has 0 bridgehead atoms. The molecule has 0 atom stereocenters. The van der Waals surface area contributed by atoms with Crippen LogP contribution in [0.3, 0.4) is 0 Å². The van der Waals surface area contributed by atoms with Gasteiger partial charge in [0.1, 0.15) is 5.82 Å². The van der Waals surface area contributed by atoms with E-state index in [1.165, 1.54) is 11.1 Å². The lowest BCUT2D eigenvalue weighted by atomic mass is 9.93. The molecule has 0 saturated carbocycles. The third kappa shape index (κ3) is 4.27. The molecule has 1 N–H and O–H groups in total. The van der Waals surface area contributed by atoms with Crippen LogP contribution in [-0.4, -0.2) is 33.9 Å². The molecule has 1 saturated heterocycles. The van der Waals surface area contributed by atoms with Crippen LogP contribution in [0.2, 0.25) is 0 Å². The van der Waals surface area contributed by atoms with Crippen molar-refractivity contribution in [3.63, 3.8) is 0 Å². The number of nitrogens with zero attached hydrogens (tertiary/aromatic N) is 4. The summed E-state index contributed by atoms with van der Waals surface area (Å²) in [7, 11) is 0. The predicted octanol–water partition coefficient (Wildman–Crippen LogP) is 3.86. The minimum absolute atomic E-state index is 0.00359. The first-order valence-electron chi connectivity index (χ1n) is 10.7. The maximum Gasteiger partial charge on any atom is 0.203 e. The molecule has 3 aromatic heterocycles. The highest BCUT2D eigenvalue weighted by Gasteiger charge is 2.28. The summed E-state index contributed by atoms with van der Waals surface area (Å²) in [6, 6.07) is 8.52. The first kappa shape index (κ1) is 20.3. The number of Topliss-reactive ketones (excluding diaryl/α,β-unsaturated/α-hetero) is 1. The van der Waals surface area contributed by atoms with Gasteiger partial charge in [0.25, 0.3) is 0 Å². The number of anilines is 1. The van der Waals surface area contributed by atoms with E-state index in [2.05, 4.69) is 56.8 Å². The number of carbonyl (C=O) groups is 1. The second-order valence-electron chi connectivity index (χ2n) is 8.79. The zero-order chi connectivity index (χ0) is 21.3. The highest BCUT2D eigenvalue weighted by Crippen LogP contribution is 2.26. The van der Waals surface area contributed by atoms with Gasteiger partial charge in [-0.1, -0.05) is 13.8 Å². The third-order valence-electron chi connectivity index (χ3n) is 5.69. The normalized spacial score (nSPS) is 14.4. The number of pyridine rings is 2. The van der Waals surface area contributed by atoms with E-state index in [9.17, 15) is 4.79 Å². The molecule has 0 radical (unpaired) electrons. The maximum atomic E-state index is 12.1. The molecule has 6 nitrogen and oxygen atoms in total. The average Bonchev–Trinajstić information content (AvgIpc) is 3.21. The van der Waals surface area contributed by atoms with E-state index in [1.54, 1.807) is 6.20 Å². The Hall–Kier alpha value is -3.02. The number of aromatic nitrogens is 4. The first-order chi connectivity index (χ1) is 14.4. The van der Waals surface area contributed by atoms with Crippen molar-refractivity contribution < 1.29 is 9.48 Å². The monoisotopic (exact) mass is 404 g/mol. The van der Waals surface area contributed by atoms with Crippen LogP contribution in [0.15, 0.2) is 49.1 Å². The largest absolute Gasteiger partial charge is 0.356 e. The topological polar surface area (TPSA) is 65.8 Å². The molecule has 30 heavy (non-hydrogen) atoms. The van der Waals surface area contributed by atoms with Crippen molar-refractivity contribution in [3.05, 3.63) is 60.3 Å². The molecule has 0 spiro atoms. The Morgan fingerprint density at radius 1 is 1.17 bits per heavy atom. The summed E-state index contributed by atoms with van der Waals surface area (Å²) in [4.78, 5) is 23.4. The fourth-order valence-corrected chi connectivity index (χ4v) is 3.83. The summed E-state index contributed by atoms with van der Waals surface area (Å²) in [5.41, 5.74) is 4.19. The quantitative estimate of drug-likeness (QED) is 0.480. The van der Waals surface area contributed by atoms with E-state index in [-0.39, 0.29) is 11.7 Å². The van der Waals surface area contributed by atoms with Gasteiger partial charge in [-0.3, -0.25) is 9.78 Å². The van der Waals surface area contributed by atoms with Gasteiger partial charge in [0.2, 0.25) is 6.20 Å².